The Hall–Kier alpha value is -1.26. The second-order valence-corrected chi connectivity index (χ2v) is 5.66. The first-order chi connectivity index (χ1) is 9.11. The van der Waals surface area contributed by atoms with Crippen LogP contribution in [-0.2, 0) is 0 Å². The molecule has 2 rings (SSSR count). The number of hydrogen-bond donors (Lipinski definition) is 0. The molecule has 19 heavy (non-hydrogen) atoms. The zero-order chi connectivity index (χ0) is 13.8. The van der Waals surface area contributed by atoms with Gasteiger partial charge in [-0.15, -0.1) is 11.8 Å². The molecule has 0 aliphatic heterocycles. The van der Waals surface area contributed by atoms with Crippen molar-refractivity contribution in [2.24, 2.45) is 0 Å². The molecule has 2 aromatic rings. The van der Waals surface area contributed by atoms with Crippen LogP contribution in [0.3, 0.4) is 0 Å². The lowest BCUT2D eigenvalue weighted by Crippen LogP contribution is -1.93. The van der Waals surface area contributed by atoms with E-state index in [0.717, 1.165) is 15.1 Å². The summed E-state index contributed by atoms with van der Waals surface area (Å²) in [6, 6.07) is 13.2. The highest BCUT2D eigenvalue weighted by molar-refractivity contribution is 9.10. The summed E-state index contributed by atoms with van der Waals surface area (Å²) in [7, 11) is 0. The molecule has 0 atom stereocenters. The Morgan fingerprint density at radius 1 is 1.16 bits per heavy atom. The minimum atomic E-state index is 0.0387. The molecule has 2 nitrogen and oxygen atoms in total. The Kier molecular flexibility index (Phi) is 4.66. The lowest BCUT2D eigenvalue weighted by molar-refractivity contribution is 0.101. The molecule has 0 aromatic heterocycles. The molecular formula is C15H13BrO2S. The number of benzene rings is 2. The molecule has 0 bridgehead atoms. The zero-order valence-corrected chi connectivity index (χ0v) is 13.0. The van der Waals surface area contributed by atoms with Crippen LogP contribution in [0.5, 0.6) is 11.5 Å². The third-order valence-corrected chi connectivity index (χ3v) is 4.02. The van der Waals surface area contributed by atoms with Crippen molar-refractivity contribution < 1.29 is 9.53 Å². The van der Waals surface area contributed by atoms with Gasteiger partial charge >= 0.3 is 0 Å². The molecule has 0 amide bonds. The van der Waals surface area contributed by atoms with E-state index in [1.165, 1.54) is 0 Å². The third-order valence-electron chi connectivity index (χ3n) is 2.63. The van der Waals surface area contributed by atoms with Crippen LogP contribution in [0.2, 0.25) is 0 Å². The molecule has 0 saturated carbocycles. The van der Waals surface area contributed by atoms with Gasteiger partial charge in [0.05, 0.1) is 4.47 Å². The Morgan fingerprint density at radius 3 is 2.53 bits per heavy atom. The van der Waals surface area contributed by atoms with Gasteiger partial charge in [0.25, 0.3) is 0 Å². The molecule has 0 N–H and O–H groups in total. The zero-order valence-electron chi connectivity index (χ0n) is 10.6. The lowest BCUT2D eigenvalue weighted by atomic mass is 10.1. The summed E-state index contributed by atoms with van der Waals surface area (Å²) >= 11 is 5.07. The smallest absolute Gasteiger partial charge is 0.159 e. The molecule has 4 heteroatoms. The number of hydrogen-bond acceptors (Lipinski definition) is 3. The van der Waals surface area contributed by atoms with Gasteiger partial charge in [-0.1, -0.05) is 12.1 Å². The van der Waals surface area contributed by atoms with Crippen molar-refractivity contribution in [3.8, 4) is 11.5 Å². The Morgan fingerprint density at radius 2 is 1.89 bits per heavy atom. The van der Waals surface area contributed by atoms with Crippen molar-refractivity contribution in [3.05, 3.63) is 52.5 Å². The summed E-state index contributed by atoms with van der Waals surface area (Å²) in [5.41, 5.74) is 0.664. The van der Waals surface area contributed by atoms with Crippen LogP contribution in [0.15, 0.2) is 51.8 Å². The molecule has 2 aromatic carbocycles. The van der Waals surface area contributed by atoms with Crippen molar-refractivity contribution >= 4 is 33.5 Å². The van der Waals surface area contributed by atoms with E-state index in [0.29, 0.717) is 11.3 Å². The summed E-state index contributed by atoms with van der Waals surface area (Å²) in [5.74, 6) is 1.55. The number of ketones is 1. The molecule has 0 aliphatic rings. The molecule has 98 valence electrons. The monoisotopic (exact) mass is 336 g/mol. The van der Waals surface area contributed by atoms with Gasteiger partial charge in [-0.05, 0) is 59.4 Å². The Balaban J connectivity index is 2.31. The third kappa shape index (κ3) is 3.39. The topological polar surface area (TPSA) is 26.3 Å². The van der Waals surface area contributed by atoms with Crippen molar-refractivity contribution in [3.63, 3.8) is 0 Å². The summed E-state index contributed by atoms with van der Waals surface area (Å²) in [6.07, 6.45) is 2.01. The van der Waals surface area contributed by atoms with Gasteiger partial charge in [0.15, 0.2) is 5.78 Å². The lowest BCUT2D eigenvalue weighted by Gasteiger charge is -2.11. The molecule has 0 saturated heterocycles. The van der Waals surface area contributed by atoms with E-state index < -0.39 is 0 Å². The van der Waals surface area contributed by atoms with E-state index in [1.54, 1.807) is 36.9 Å². The van der Waals surface area contributed by atoms with Crippen molar-refractivity contribution in [1.29, 1.82) is 0 Å². The second kappa shape index (κ2) is 6.26. The van der Waals surface area contributed by atoms with E-state index in [9.17, 15) is 4.79 Å². The first-order valence-corrected chi connectivity index (χ1v) is 7.75. The van der Waals surface area contributed by atoms with Gasteiger partial charge in [-0.25, -0.2) is 0 Å². The summed E-state index contributed by atoms with van der Waals surface area (Å²) < 4.78 is 6.66. The maximum absolute atomic E-state index is 11.3. The fourth-order valence-corrected chi connectivity index (χ4v) is 2.61. The number of carbonyl (C=O) groups excluding carboxylic acids is 1. The molecule has 0 heterocycles. The minimum absolute atomic E-state index is 0.0387. The van der Waals surface area contributed by atoms with Gasteiger partial charge < -0.3 is 4.74 Å². The van der Waals surface area contributed by atoms with Gasteiger partial charge in [-0.3, -0.25) is 4.79 Å². The standard InChI is InChI=1S/C15H13BrO2S/c1-10(17)11-7-8-13(12(16)9-11)18-14-5-3-4-6-15(14)19-2/h3-9H,1-2H3. The van der Waals surface area contributed by atoms with Crippen LogP contribution in [0.4, 0.5) is 0 Å². The maximum atomic E-state index is 11.3. The van der Waals surface area contributed by atoms with E-state index in [4.69, 9.17) is 4.74 Å². The van der Waals surface area contributed by atoms with Crippen molar-refractivity contribution in [2.45, 2.75) is 11.8 Å². The van der Waals surface area contributed by atoms with Crippen molar-refractivity contribution in [2.75, 3.05) is 6.26 Å². The summed E-state index contributed by atoms with van der Waals surface area (Å²) in [5, 5.41) is 0. The Bertz CT molecular complexity index is 611. The van der Waals surface area contributed by atoms with E-state index in [2.05, 4.69) is 15.9 Å². The quantitative estimate of drug-likeness (QED) is 0.569. The predicted molar refractivity (Wildman–Crippen MR) is 82.4 cm³/mol. The average molecular weight is 337 g/mol. The molecule has 0 fully saturated rings. The highest BCUT2D eigenvalue weighted by Crippen LogP contribution is 2.35. The minimum Gasteiger partial charge on any atom is -0.455 e. The summed E-state index contributed by atoms with van der Waals surface area (Å²) in [4.78, 5) is 12.4. The first kappa shape index (κ1) is 14.2. The number of para-hydroxylation sites is 1. The SMILES string of the molecule is CSc1ccccc1Oc1ccc(C(C)=O)cc1Br. The fourth-order valence-electron chi connectivity index (χ4n) is 1.62. The largest absolute Gasteiger partial charge is 0.455 e. The van der Waals surface area contributed by atoms with Crippen LogP contribution in [-0.4, -0.2) is 12.0 Å². The van der Waals surface area contributed by atoms with Gasteiger partial charge in [0.1, 0.15) is 11.5 Å². The Labute approximate surface area is 125 Å². The molecule has 0 unspecified atom stereocenters. The number of halogens is 1. The van der Waals surface area contributed by atoms with Gasteiger partial charge in [0, 0.05) is 10.5 Å². The van der Waals surface area contributed by atoms with E-state index >= 15 is 0 Å². The number of Topliss-reactive ketones (excluding diaryl/α,β-unsaturated/α-hetero) is 1. The van der Waals surface area contributed by atoms with E-state index in [1.807, 2.05) is 30.5 Å². The number of thioether (sulfide) groups is 1. The number of carbonyl (C=O) groups is 1. The average Bonchev–Trinajstić information content (AvgIpc) is 2.41. The number of ether oxygens (including phenoxy) is 1. The van der Waals surface area contributed by atoms with Crippen LogP contribution in [0, 0.1) is 0 Å². The molecule has 0 aliphatic carbocycles. The van der Waals surface area contributed by atoms with Crippen LogP contribution >= 0.6 is 27.7 Å². The maximum Gasteiger partial charge on any atom is 0.159 e. The fraction of sp³-hybridized carbons (Fsp3) is 0.133. The van der Waals surface area contributed by atoms with Crippen LogP contribution in [0.25, 0.3) is 0 Å². The number of rotatable bonds is 4. The first-order valence-electron chi connectivity index (χ1n) is 5.73. The molecule has 0 spiro atoms. The summed E-state index contributed by atoms with van der Waals surface area (Å²) in [6.45, 7) is 1.55. The van der Waals surface area contributed by atoms with Crippen LogP contribution < -0.4 is 4.74 Å². The molecular weight excluding hydrogens is 324 g/mol. The van der Waals surface area contributed by atoms with Crippen LogP contribution in [0.1, 0.15) is 17.3 Å². The highest BCUT2D eigenvalue weighted by atomic mass is 79.9. The van der Waals surface area contributed by atoms with Crippen molar-refractivity contribution in [1.82, 2.24) is 0 Å². The van der Waals surface area contributed by atoms with E-state index in [-0.39, 0.29) is 5.78 Å². The van der Waals surface area contributed by atoms with Gasteiger partial charge in [0.2, 0.25) is 0 Å². The predicted octanol–water partition coefficient (Wildman–Crippen LogP) is 5.17. The second-order valence-electron chi connectivity index (χ2n) is 3.95. The highest BCUT2D eigenvalue weighted by Gasteiger charge is 2.08. The molecule has 0 radical (unpaired) electrons. The normalized spacial score (nSPS) is 10.3. The van der Waals surface area contributed by atoms with Gasteiger partial charge in [-0.2, -0.15) is 0 Å².